The van der Waals surface area contributed by atoms with Crippen LogP contribution in [-0.2, 0) is 10.0 Å². The quantitative estimate of drug-likeness (QED) is 0.880. The third-order valence-corrected chi connectivity index (χ3v) is 4.77. The second-order valence-electron chi connectivity index (χ2n) is 3.91. The van der Waals surface area contributed by atoms with E-state index in [9.17, 15) is 8.42 Å². The fraction of sp³-hybridized carbons (Fsp3) is 0.0769. The molecule has 0 aliphatic carbocycles. The first-order valence-corrected chi connectivity index (χ1v) is 8.20. The average Bonchev–Trinajstić information content (AvgIpc) is 2.41. The Hall–Kier alpha value is -1.24. The average molecular weight is 377 g/mol. The highest BCUT2D eigenvalue weighted by molar-refractivity contribution is 9.10. The van der Waals surface area contributed by atoms with Gasteiger partial charge in [0.1, 0.15) is 5.75 Å². The minimum Gasteiger partial charge on any atom is -0.495 e. The molecule has 2 rings (SSSR count). The largest absolute Gasteiger partial charge is 0.495 e. The molecule has 0 aliphatic rings. The molecule has 4 nitrogen and oxygen atoms in total. The molecule has 0 spiro atoms. The van der Waals surface area contributed by atoms with E-state index < -0.39 is 10.0 Å². The van der Waals surface area contributed by atoms with Crippen molar-refractivity contribution in [3.05, 3.63) is 52.0 Å². The molecule has 0 bridgehead atoms. The second-order valence-corrected chi connectivity index (χ2v) is 6.91. The van der Waals surface area contributed by atoms with Crippen LogP contribution in [0.4, 0.5) is 5.69 Å². The number of anilines is 1. The Morgan fingerprint density at radius 2 is 1.80 bits per heavy atom. The van der Waals surface area contributed by atoms with Crippen LogP contribution in [0.15, 0.2) is 51.8 Å². The lowest BCUT2D eigenvalue weighted by molar-refractivity contribution is 0.415. The maximum Gasteiger partial charge on any atom is 0.261 e. The zero-order valence-corrected chi connectivity index (χ0v) is 13.6. The van der Waals surface area contributed by atoms with Gasteiger partial charge in [-0.2, -0.15) is 0 Å². The maximum atomic E-state index is 12.2. The van der Waals surface area contributed by atoms with Crippen LogP contribution in [0, 0.1) is 0 Å². The zero-order chi connectivity index (χ0) is 14.8. The van der Waals surface area contributed by atoms with Gasteiger partial charge < -0.3 is 4.74 Å². The van der Waals surface area contributed by atoms with Crippen molar-refractivity contribution in [3.8, 4) is 5.75 Å². The summed E-state index contributed by atoms with van der Waals surface area (Å²) >= 11 is 9.15. The van der Waals surface area contributed by atoms with Crippen LogP contribution in [0.5, 0.6) is 5.75 Å². The molecule has 20 heavy (non-hydrogen) atoms. The Morgan fingerprint density at radius 3 is 2.40 bits per heavy atom. The molecule has 2 aromatic rings. The predicted octanol–water partition coefficient (Wildman–Crippen LogP) is 3.91. The van der Waals surface area contributed by atoms with Crippen LogP contribution in [0.1, 0.15) is 0 Å². The zero-order valence-electron chi connectivity index (χ0n) is 10.4. The van der Waals surface area contributed by atoms with E-state index >= 15 is 0 Å². The Labute approximate surface area is 130 Å². The molecule has 2 aromatic carbocycles. The van der Waals surface area contributed by atoms with E-state index in [0.717, 1.165) is 4.47 Å². The molecule has 0 saturated heterocycles. The summed E-state index contributed by atoms with van der Waals surface area (Å²) in [5, 5.41) is 0.416. The lowest BCUT2D eigenvalue weighted by Crippen LogP contribution is -2.12. The van der Waals surface area contributed by atoms with Crippen molar-refractivity contribution in [2.75, 3.05) is 11.8 Å². The molecule has 1 N–H and O–H groups in total. The van der Waals surface area contributed by atoms with Crippen LogP contribution in [0.3, 0.4) is 0 Å². The number of ether oxygens (including phenoxy) is 1. The van der Waals surface area contributed by atoms with Crippen molar-refractivity contribution < 1.29 is 13.2 Å². The summed E-state index contributed by atoms with van der Waals surface area (Å²) in [4.78, 5) is 0.176. The van der Waals surface area contributed by atoms with Crippen molar-refractivity contribution in [1.29, 1.82) is 0 Å². The summed E-state index contributed by atoms with van der Waals surface area (Å²) in [6.45, 7) is 0. The Morgan fingerprint density at radius 1 is 1.15 bits per heavy atom. The Balaban J connectivity index is 2.30. The molecule has 0 unspecified atom stereocenters. The number of hydrogen-bond donors (Lipinski definition) is 1. The number of halogens is 2. The van der Waals surface area contributed by atoms with Crippen molar-refractivity contribution >= 4 is 43.2 Å². The van der Waals surface area contributed by atoms with E-state index in [1.807, 2.05) is 0 Å². The van der Waals surface area contributed by atoms with Crippen LogP contribution in [0.2, 0.25) is 5.02 Å². The van der Waals surface area contributed by atoms with Crippen molar-refractivity contribution in [3.63, 3.8) is 0 Å². The summed E-state index contributed by atoms with van der Waals surface area (Å²) in [6.07, 6.45) is 0. The van der Waals surface area contributed by atoms with Crippen molar-refractivity contribution in [1.82, 2.24) is 0 Å². The van der Waals surface area contributed by atoms with Gasteiger partial charge in [-0.25, -0.2) is 8.42 Å². The third-order valence-electron chi connectivity index (χ3n) is 2.53. The van der Waals surface area contributed by atoms with Crippen LogP contribution in [-0.4, -0.2) is 15.5 Å². The summed E-state index contributed by atoms with van der Waals surface area (Å²) in [5.41, 5.74) is 0.383. The first-order valence-electron chi connectivity index (χ1n) is 5.54. The van der Waals surface area contributed by atoms with Gasteiger partial charge in [0.25, 0.3) is 10.0 Å². The molecule has 106 valence electrons. The number of rotatable bonds is 4. The van der Waals surface area contributed by atoms with Gasteiger partial charge in [0.05, 0.1) is 22.7 Å². The summed E-state index contributed by atoms with van der Waals surface area (Å²) < 4.78 is 32.7. The van der Waals surface area contributed by atoms with E-state index in [4.69, 9.17) is 16.3 Å². The first-order chi connectivity index (χ1) is 9.42. The lowest BCUT2D eigenvalue weighted by atomic mass is 10.3. The summed E-state index contributed by atoms with van der Waals surface area (Å²) in [6, 6.07) is 11.0. The van der Waals surface area contributed by atoms with Gasteiger partial charge >= 0.3 is 0 Å². The second kappa shape index (κ2) is 6.03. The molecule has 0 saturated carbocycles. The van der Waals surface area contributed by atoms with Crippen molar-refractivity contribution in [2.24, 2.45) is 0 Å². The van der Waals surface area contributed by atoms with Crippen LogP contribution >= 0.6 is 27.5 Å². The molecule has 7 heteroatoms. The molecular weight excluding hydrogens is 366 g/mol. The monoisotopic (exact) mass is 375 g/mol. The van der Waals surface area contributed by atoms with Gasteiger partial charge in [-0.1, -0.05) is 27.5 Å². The highest BCUT2D eigenvalue weighted by Crippen LogP contribution is 2.28. The molecular formula is C13H11BrClNO3S. The van der Waals surface area contributed by atoms with Gasteiger partial charge in [-0.15, -0.1) is 0 Å². The minimum atomic E-state index is -3.64. The number of sulfonamides is 1. The van der Waals surface area contributed by atoms with E-state index in [-0.39, 0.29) is 4.90 Å². The first kappa shape index (κ1) is 15.2. The fourth-order valence-electron chi connectivity index (χ4n) is 1.55. The SMILES string of the molecule is COc1cc(NS(=O)(=O)c2ccc(Br)cc2)ccc1Cl. The molecule has 0 aliphatic heterocycles. The van der Waals surface area contributed by atoms with Crippen molar-refractivity contribution in [2.45, 2.75) is 4.90 Å². The number of methoxy groups -OCH3 is 1. The summed E-state index contributed by atoms with van der Waals surface area (Å²) in [5.74, 6) is 0.405. The van der Waals surface area contributed by atoms with Gasteiger partial charge in [-0.3, -0.25) is 4.72 Å². The normalized spacial score (nSPS) is 11.2. The Bertz CT molecular complexity index is 717. The molecule has 0 heterocycles. The van der Waals surface area contributed by atoms with E-state index in [1.165, 1.54) is 25.3 Å². The number of hydrogen-bond acceptors (Lipinski definition) is 3. The van der Waals surface area contributed by atoms with E-state index in [1.54, 1.807) is 24.3 Å². The minimum absolute atomic E-state index is 0.176. The smallest absolute Gasteiger partial charge is 0.261 e. The Kier molecular flexibility index (Phi) is 4.57. The third kappa shape index (κ3) is 3.45. The van der Waals surface area contributed by atoms with Gasteiger partial charge in [0.2, 0.25) is 0 Å². The van der Waals surface area contributed by atoms with E-state index in [2.05, 4.69) is 20.7 Å². The van der Waals surface area contributed by atoms with Gasteiger partial charge in [0.15, 0.2) is 0 Å². The molecule has 0 aromatic heterocycles. The molecule has 0 amide bonds. The summed E-state index contributed by atoms with van der Waals surface area (Å²) in [7, 11) is -2.17. The predicted molar refractivity (Wildman–Crippen MR) is 83.0 cm³/mol. The van der Waals surface area contributed by atoms with Crippen LogP contribution in [0.25, 0.3) is 0 Å². The standard InChI is InChI=1S/C13H11BrClNO3S/c1-19-13-8-10(4-7-12(13)15)16-20(17,18)11-5-2-9(14)3-6-11/h2-8,16H,1H3. The van der Waals surface area contributed by atoms with E-state index in [0.29, 0.717) is 16.5 Å². The van der Waals surface area contributed by atoms with Gasteiger partial charge in [-0.05, 0) is 36.4 Å². The molecule has 0 fully saturated rings. The fourth-order valence-corrected chi connectivity index (χ4v) is 3.06. The van der Waals surface area contributed by atoms with Crippen LogP contribution < -0.4 is 9.46 Å². The molecule has 0 atom stereocenters. The highest BCUT2D eigenvalue weighted by atomic mass is 79.9. The topological polar surface area (TPSA) is 55.4 Å². The maximum absolute atomic E-state index is 12.2. The molecule has 0 radical (unpaired) electrons. The number of benzene rings is 2. The number of nitrogens with one attached hydrogen (secondary N) is 1. The lowest BCUT2D eigenvalue weighted by Gasteiger charge is -2.10. The van der Waals surface area contributed by atoms with Gasteiger partial charge in [0, 0.05) is 10.5 Å². The highest BCUT2D eigenvalue weighted by Gasteiger charge is 2.14.